The number of fused-ring (bicyclic) bond motifs is 2. The van der Waals surface area contributed by atoms with Crippen molar-refractivity contribution in [3.05, 3.63) is 76.8 Å². The van der Waals surface area contributed by atoms with Crippen molar-refractivity contribution in [3.63, 3.8) is 0 Å². The summed E-state index contributed by atoms with van der Waals surface area (Å²) < 4.78 is 0. The van der Waals surface area contributed by atoms with E-state index in [1.165, 1.54) is 10.8 Å². The number of rotatable bonds is 1. The minimum absolute atomic E-state index is 0.382. The lowest BCUT2D eigenvalue weighted by molar-refractivity contribution is 0.565. The smallest absolute Gasteiger partial charge is 0.134 e. The Morgan fingerprint density at radius 1 is 0.913 bits per heavy atom. The summed E-state index contributed by atoms with van der Waals surface area (Å²) in [6, 6.07) is 20.4. The number of nitrogens with zero attached hydrogens (tertiary/aromatic N) is 1. The van der Waals surface area contributed by atoms with Gasteiger partial charge in [0.15, 0.2) is 0 Å². The molecule has 23 heavy (non-hydrogen) atoms. The van der Waals surface area contributed by atoms with Crippen LogP contribution in [0.15, 0.2) is 71.2 Å². The summed E-state index contributed by atoms with van der Waals surface area (Å²) in [5, 5.41) is 4.08. The van der Waals surface area contributed by atoms with Crippen LogP contribution in [0.3, 0.4) is 0 Å². The molecule has 2 N–H and O–H groups in total. The van der Waals surface area contributed by atoms with Crippen LogP contribution >= 0.6 is 0 Å². The van der Waals surface area contributed by atoms with Gasteiger partial charge in [-0.3, -0.25) is 4.99 Å². The molecule has 1 atom stereocenters. The molecule has 3 heteroatoms. The van der Waals surface area contributed by atoms with Crippen LogP contribution in [0.1, 0.15) is 0 Å². The van der Waals surface area contributed by atoms with Crippen molar-refractivity contribution in [1.29, 1.82) is 0 Å². The molecule has 1 unspecified atom stereocenters. The van der Waals surface area contributed by atoms with Gasteiger partial charge in [0, 0.05) is 10.8 Å². The van der Waals surface area contributed by atoms with Gasteiger partial charge in [0.05, 0.1) is 10.9 Å². The molecule has 0 fully saturated rings. The fourth-order valence-corrected chi connectivity index (χ4v) is 3.05. The largest absolute Gasteiger partial charge is 0.305 e. The molecule has 0 saturated carbocycles. The van der Waals surface area contributed by atoms with Gasteiger partial charge < -0.3 is 5.73 Å². The van der Waals surface area contributed by atoms with Gasteiger partial charge in [0.1, 0.15) is 12.1 Å². The van der Waals surface area contributed by atoms with Crippen molar-refractivity contribution in [3.8, 4) is 11.1 Å². The van der Waals surface area contributed by atoms with Gasteiger partial charge in [-0.05, 0) is 22.4 Å². The van der Waals surface area contributed by atoms with E-state index in [0.29, 0.717) is 5.57 Å². The Hall–Kier alpha value is -3.00. The maximum Gasteiger partial charge on any atom is 0.134 e. The third-order valence-corrected chi connectivity index (χ3v) is 4.16. The Bertz CT molecular complexity index is 1090. The van der Waals surface area contributed by atoms with Gasteiger partial charge in [0.2, 0.25) is 0 Å². The number of hydrogen-bond acceptors (Lipinski definition) is 3. The zero-order valence-corrected chi connectivity index (χ0v) is 12.4. The van der Waals surface area contributed by atoms with Crippen molar-refractivity contribution in [1.82, 2.24) is 0 Å². The normalized spacial score (nSPS) is 16.2. The first-order valence-electron chi connectivity index (χ1n) is 7.45. The van der Waals surface area contributed by atoms with E-state index in [-0.39, 0.29) is 0 Å². The second kappa shape index (κ2) is 5.33. The topological polar surface area (TPSA) is 55.4 Å². The number of benzene rings is 3. The quantitative estimate of drug-likeness (QED) is 0.698. The summed E-state index contributed by atoms with van der Waals surface area (Å²) in [5.74, 6) is 1.88. The maximum atomic E-state index is 11.0. The molecule has 0 amide bonds. The van der Waals surface area contributed by atoms with Crippen LogP contribution in [-0.4, -0.2) is 12.1 Å². The number of hydrogen-bond donors (Lipinski definition) is 1. The van der Waals surface area contributed by atoms with Gasteiger partial charge >= 0.3 is 0 Å². The molecule has 0 bridgehead atoms. The molecule has 4 rings (SSSR count). The van der Waals surface area contributed by atoms with Gasteiger partial charge in [-0.15, -0.1) is 0 Å². The first-order valence-corrected chi connectivity index (χ1v) is 7.45. The van der Waals surface area contributed by atoms with E-state index >= 15 is 0 Å². The van der Waals surface area contributed by atoms with Crippen LogP contribution in [0.5, 0.6) is 0 Å². The highest BCUT2D eigenvalue weighted by Gasteiger charge is 2.14. The van der Waals surface area contributed by atoms with Gasteiger partial charge in [-0.25, -0.2) is 4.79 Å². The fraction of sp³-hybridized carbons (Fsp3) is 0.0500. The number of nitrogens with two attached hydrogens (primary N) is 1. The fourth-order valence-electron chi connectivity index (χ4n) is 3.05. The maximum absolute atomic E-state index is 11.0. The lowest BCUT2D eigenvalue weighted by Gasteiger charge is -2.13. The third kappa shape index (κ3) is 2.20. The zero-order chi connectivity index (χ0) is 15.8. The molecule has 0 spiro atoms. The highest BCUT2D eigenvalue weighted by molar-refractivity contribution is 5.96. The molecule has 0 aliphatic carbocycles. The van der Waals surface area contributed by atoms with Crippen LogP contribution in [-0.2, 0) is 4.79 Å². The van der Waals surface area contributed by atoms with Crippen LogP contribution in [0.4, 0.5) is 0 Å². The second-order valence-electron chi connectivity index (χ2n) is 5.55. The van der Waals surface area contributed by atoms with E-state index in [1.54, 1.807) is 6.08 Å². The van der Waals surface area contributed by atoms with E-state index in [4.69, 9.17) is 5.73 Å². The van der Waals surface area contributed by atoms with E-state index < -0.39 is 6.17 Å². The average molecular weight is 298 g/mol. The Morgan fingerprint density at radius 3 is 2.52 bits per heavy atom. The summed E-state index contributed by atoms with van der Waals surface area (Å²) in [4.78, 5) is 15.5. The van der Waals surface area contributed by atoms with Crippen LogP contribution in [0, 0.1) is 0 Å². The first kappa shape index (κ1) is 13.6. The molecule has 110 valence electrons. The second-order valence-corrected chi connectivity index (χ2v) is 5.55. The highest BCUT2D eigenvalue weighted by atomic mass is 16.1. The van der Waals surface area contributed by atoms with E-state index in [1.807, 2.05) is 42.3 Å². The first-order chi connectivity index (χ1) is 11.3. The van der Waals surface area contributed by atoms with E-state index in [2.05, 4.69) is 29.3 Å². The summed E-state index contributed by atoms with van der Waals surface area (Å²) in [6.45, 7) is 0. The summed E-state index contributed by atoms with van der Waals surface area (Å²) in [7, 11) is 0. The lowest BCUT2D eigenvalue weighted by atomic mass is 9.96. The van der Waals surface area contributed by atoms with Crippen molar-refractivity contribution >= 4 is 22.8 Å². The minimum Gasteiger partial charge on any atom is -0.305 e. The predicted molar refractivity (Wildman–Crippen MR) is 91.8 cm³/mol. The predicted octanol–water partition coefficient (Wildman–Crippen LogP) is 1.96. The molecular weight excluding hydrogens is 284 g/mol. The van der Waals surface area contributed by atoms with Gasteiger partial charge in [-0.1, -0.05) is 60.7 Å². The van der Waals surface area contributed by atoms with Crippen molar-refractivity contribution in [2.45, 2.75) is 6.17 Å². The molecule has 3 nitrogen and oxygen atoms in total. The van der Waals surface area contributed by atoms with Crippen molar-refractivity contribution in [2.24, 2.45) is 10.7 Å². The Labute approximate surface area is 133 Å². The standard InChI is InChI=1S/C20H14N2O/c21-20-15(12-23)11-14-7-4-10-18(19(14)22-20)17-9-3-6-13-5-1-2-8-16(13)17/h1-11,20H,21H2. The molecule has 1 aliphatic heterocycles. The van der Waals surface area contributed by atoms with E-state index in [9.17, 15) is 4.79 Å². The molecule has 0 saturated heterocycles. The van der Waals surface area contributed by atoms with Crippen molar-refractivity contribution < 1.29 is 4.79 Å². The molecule has 0 radical (unpaired) electrons. The molecule has 3 aromatic rings. The Balaban J connectivity index is 2.10. The monoisotopic (exact) mass is 298 g/mol. The summed E-state index contributed by atoms with van der Waals surface area (Å²) >= 11 is 0. The number of carbonyl (C=O) groups excluding carboxylic acids is 1. The highest BCUT2D eigenvalue weighted by Crippen LogP contribution is 2.26. The van der Waals surface area contributed by atoms with Crippen LogP contribution < -0.4 is 16.3 Å². The summed E-state index contributed by atoms with van der Waals surface area (Å²) in [5.41, 5.74) is 8.49. The molecule has 3 aromatic carbocycles. The van der Waals surface area contributed by atoms with Crippen molar-refractivity contribution in [2.75, 3.05) is 0 Å². The zero-order valence-electron chi connectivity index (χ0n) is 12.4. The summed E-state index contributed by atoms with van der Waals surface area (Å²) in [6.07, 6.45) is 1.12. The van der Waals surface area contributed by atoms with Gasteiger partial charge in [0.25, 0.3) is 0 Å². The minimum atomic E-state index is -0.656. The SMILES string of the molecule is NC1N=c2c(-c3cccc4ccccc34)cccc2=CC1=C=O. The molecule has 1 aliphatic rings. The Morgan fingerprint density at radius 2 is 1.65 bits per heavy atom. The average Bonchev–Trinajstić information content (AvgIpc) is 2.60. The molecule has 0 aromatic heterocycles. The van der Waals surface area contributed by atoms with Crippen LogP contribution in [0.2, 0.25) is 0 Å². The lowest BCUT2D eigenvalue weighted by Crippen LogP contribution is -2.37. The molecule has 1 heterocycles. The van der Waals surface area contributed by atoms with Gasteiger partial charge in [-0.2, -0.15) is 0 Å². The number of para-hydroxylation sites is 1. The molecular formula is C20H14N2O. The third-order valence-electron chi connectivity index (χ3n) is 4.16. The Kier molecular flexibility index (Phi) is 3.16. The van der Waals surface area contributed by atoms with Crippen LogP contribution in [0.25, 0.3) is 28.0 Å². The van der Waals surface area contributed by atoms with E-state index in [0.717, 1.165) is 21.7 Å².